The molecule has 10 aromatic rings. The Morgan fingerprint density at radius 2 is 0.833 bits per heavy atom. The molecule has 0 fully saturated rings. The molecular weight excluding hydrogens is 733 g/mol. The summed E-state index contributed by atoms with van der Waals surface area (Å²) in [5.41, 5.74) is 12.9. The topological polar surface area (TPSA) is 88.2 Å². The van der Waals surface area contributed by atoms with Gasteiger partial charge in [0, 0.05) is 33.2 Å². The predicted octanol–water partition coefficient (Wildman–Crippen LogP) is 13.0. The summed E-state index contributed by atoms with van der Waals surface area (Å²) < 4.78 is 0. The van der Waals surface area contributed by atoms with Crippen molar-refractivity contribution in [2.45, 2.75) is 0 Å². The molecule has 0 radical (unpaired) electrons. The van der Waals surface area contributed by atoms with Crippen LogP contribution in [0.5, 0.6) is 0 Å². The van der Waals surface area contributed by atoms with Crippen LogP contribution in [0.25, 0.3) is 101 Å². The van der Waals surface area contributed by atoms with Gasteiger partial charge in [-0.3, -0.25) is 0 Å². The number of hydrogen-bond acceptors (Lipinski definition) is 6. The molecule has 0 amide bonds. The number of rotatable bonds is 8. The first-order chi connectivity index (χ1) is 29.7. The molecule has 6 nitrogen and oxygen atoms in total. The third kappa shape index (κ3) is 7.08. The average Bonchev–Trinajstić information content (AvgIpc) is 3.34. The van der Waals surface area contributed by atoms with Crippen LogP contribution in [-0.2, 0) is 0 Å². The molecule has 0 aliphatic heterocycles. The van der Waals surface area contributed by atoms with Crippen LogP contribution < -0.4 is 0 Å². The zero-order chi connectivity index (χ0) is 40.3. The molecule has 0 atom stereocenters. The Morgan fingerprint density at radius 3 is 1.55 bits per heavy atom. The number of aromatic nitrogens is 5. The number of fused-ring (bicyclic) bond motifs is 1. The molecule has 60 heavy (non-hydrogen) atoms. The lowest BCUT2D eigenvalue weighted by atomic mass is 9.90. The van der Waals surface area contributed by atoms with Gasteiger partial charge in [-0.2, -0.15) is 5.26 Å². The summed E-state index contributed by atoms with van der Waals surface area (Å²) >= 11 is 0. The predicted molar refractivity (Wildman–Crippen MR) is 241 cm³/mol. The van der Waals surface area contributed by atoms with E-state index in [1.165, 1.54) is 0 Å². The molecule has 0 bridgehead atoms. The van der Waals surface area contributed by atoms with Crippen molar-refractivity contribution < 1.29 is 0 Å². The third-order valence-electron chi connectivity index (χ3n) is 10.6. The normalized spacial score (nSPS) is 11.0. The van der Waals surface area contributed by atoms with Gasteiger partial charge in [0.05, 0.1) is 22.8 Å². The molecule has 10 rings (SSSR count). The van der Waals surface area contributed by atoms with Crippen molar-refractivity contribution in [3.63, 3.8) is 0 Å². The van der Waals surface area contributed by atoms with E-state index in [9.17, 15) is 5.26 Å². The first-order valence-corrected chi connectivity index (χ1v) is 19.7. The van der Waals surface area contributed by atoms with E-state index in [-0.39, 0.29) is 0 Å². The highest BCUT2D eigenvalue weighted by molar-refractivity contribution is 5.99. The lowest BCUT2D eigenvalue weighted by Crippen LogP contribution is -2.01. The fourth-order valence-electron chi connectivity index (χ4n) is 7.65. The first-order valence-electron chi connectivity index (χ1n) is 19.7. The van der Waals surface area contributed by atoms with Crippen molar-refractivity contribution in [2.24, 2.45) is 0 Å². The van der Waals surface area contributed by atoms with Gasteiger partial charge >= 0.3 is 0 Å². The Balaban J connectivity index is 1.15. The SMILES string of the molecule is N#Cc1cccc(-c2cccc(-c3nc(-c4ccccc4)nc(-c4ccc(-c5ccccc5-c5nc(-c6ccccc6)nc6ccccc56)cc4-c4ccccc4)n3)c2)c1. The summed E-state index contributed by atoms with van der Waals surface area (Å²) in [6, 6.07) is 71.7. The second-order valence-corrected chi connectivity index (χ2v) is 14.4. The van der Waals surface area contributed by atoms with E-state index in [1.807, 2.05) is 127 Å². The lowest BCUT2D eigenvalue weighted by Gasteiger charge is -2.16. The molecule has 2 aromatic heterocycles. The van der Waals surface area contributed by atoms with Gasteiger partial charge in [-0.15, -0.1) is 0 Å². The van der Waals surface area contributed by atoms with Crippen molar-refractivity contribution in [1.82, 2.24) is 24.9 Å². The molecule has 0 saturated heterocycles. The summed E-state index contributed by atoms with van der Waals surface area (Å²) in [4.78, 5) is 25.6. The van der Waals surface area contributed by atoms with Crippen LogP contribution in [0.4, 0.5) is 0 Å². The molecule has 0 saturated carbocycles. The monoisotopic (exact) mass is 766 g/mol. The van der Waals surface area contributed by atoms with E-state index >= 15 is 0 Å². The first kappa shape index (κ1) is 36.0. The van der Waals surface area contributed by atoms with E-state index in [0.29, 0.717) is 28.9 Å². The van der Waals surface area contributed by atoms with Gasteiger partial charge in [-0.05, 0) is 69.8 Å². The number of nitriles is 1. The van der Waals surface area contributed by atoms with Gasteiger partial charge in [0.15, 0.2) is 23.3 Å². The third-order valence-corrected chi connectivity index (χ3v) is 10.6. The Bertz CT molecular complexity index is 3210. The zero-order valence-electron chi connectivity index (χ0n) is 32.3. The van der Waals surface area contributed by atoms with Gasteiger partial charge in [0.2, 0.25) is 0 Å². The van der Waals surface area contributed by atoms with Gasteiger partial charge in [-0.1, -0.05) is 170 Å². The van der Waals surface area contributed by atoms with Crippen LogP contribution in [0.15, 0.2) is 206 Å². The second kappa shape index (κ2) is 15.9. The molecular formula is C54H34N6. The van der Waals surface area contributed by atoms with Gasteiger partial charge in [0.25, 0.3) is 0 Å². The largest absolute Gasteiger partial charge is 0.228 e. The van der Waals surface area contributed by atoms with Crippen molar-refractivity contribution in [1.29, 1.82) is 5.26 Å². The van der Waals surface area contributed by atoms with Crippen molar-refractivity contribution in [2.75, 3.05) is 0 Å². The summed E-state index contributed by atoms with van der Waals surface area (Å²) in [7, 11) is 0. The van der Waals surface area contributed by atoms with E-state index in [2.05, 4.69) is 84.9 Å². The summed E-state index contributed by atoms with van der Waals surface area (Å²) in [5, 5.41) is 10.6. The Hall–Kier alpha value is -8.40. The minimum absolute atomic E-state index is 0.551. The summed E-state index contributed by atoms with van der Waals surface area (Å²) in [6.45, 7) is 0. The zero-order valence-corrected chi connectivity index (χ0v) is 32.3. The van der Waals surface area contributed by atoms with E-state index in [4.69, 9.17) is 24.9 Å². The molecule has 8 aromatic carbocycles. The van der Waals surface area contributed by atoms with Crippen molar-refractivity contribution in [3.05, 3.63) is 212 Å². The van der Waals surface area contributed by atoms with Crippen LogP contribution in [-0.4, -0.2) is 24.9 Å². The second-order valence-electron chi connectivity index (χ2n) is 14.4. The fraction of sp³-hybridized carbons (Fsp3) is 0. The van der Waals surface area contributed by atoms with Crippen molar-refractivity contribution >= 4 is 10.9 Å². The maximum atomic E-state index is 9.58. The van der Waals surface area contributed by atoms with Crippen LogP contribution in [0.3, 0.4) is 0 Å². The molecule has 0 aliphatic carbocycles. The number of benzene rings is 8. The Kier molecular flexibility index (Phi) is 9.51. The van der Waals surface area contributed by atoms with E-state index in [1.54, 1.807) is 0 Å². The summed E-state index contributed by atoms with van der Waals surface area (Å²) in [6.07, 6.45) is 0. The van der Waals surface area contributed by atoms with Crippen LogP contribution >= 0.6 is 0 Å². The Morgan fingerprint density at radius 1 is 0.300 bits per heavy atom. The van der Waals surface area contributed by atoms with Gasteiger partial charge in [-0.25, -0.2) is 24.9 Å². The van der Waals surface area contributed by atoms with Crippen molar-refractivity contribution in [3.8, 4) is 96.3 Å². The fourth-order valence-corrected chi connectivity index (χ4v) is 7.65. The minimum atomic E-state index is 0.551. The van der Waals surface area contributed by atoms with Crippen LogP contribution in [0.2, 0.25) is 0 Å². The highest BCUT2D eigenvalue weighted by Crippen LogP contribution is 2.40. The highest BCUT2D eigenvalue weighted by Gasteiger charge is 2.20. The Labute approximate surface area is 347 Å². The maximum absolute atomic E-state index is 9.58. The number of para-hydroxylation sites is 1. The molecule has 0 spiro atoms. The number of nitrogens with zero attached hydrogens (tertiary/aromatic N) is 6. The van der Waals surface area contributed by atoms with Gasteiger partial charge in [0.1, 0.15) is 0 Å². The molecule has 280 valence electrons. The summed E-state index contributed by atoms with van der Waals surface area (Å²) in [5.74, 6) is 2.37. The standard InChI is InChI=1S/C54H34N6/c55-35-36-16-14-23-40(32-36)41-24-15-25-43(33-41)53-58-52(39-21-8-3-9-22-39)59-54(60-53)46-31-30-42(34-48(46)37-17-4-1-5-18-37)44-26-10-11-27-45(44)50-47-28-12-13-29-49(47)56-51(57-50)38-19-6-2-7-20-38/h1-34H. The molecule has 0 N–H and O–H groups in total. The highest BCUT2D eigenvalue weighted by atomic mass is 15.0. The minimum Gasteiger partial charge on any atom is -0.228 e. The molecule has 2 heterocycles. The van der Waals surface area contributed by atoms with E-state index < -0.39 is 0 Å². The lowest BCUT2D eigenvalue weighted by molar-refractivity contribution is 1.07. The smallest absolute Gasteiger partial charge is 0.164 e. The molecule has 0 unspecified atom stereocenters. The average molecular weight is 767 g/mol. The molecule has 6 heteroatoms. The van der Waals surface area contributed by atoms with Gasteiger partial charge < -0.3 is 0 Å². The molecule has 0 aliphatic rings. The quantitative estimate of drug-likeness (QED) is 0.153. The number of hydrogen-bond donors (Lipinski definition) is 0. The maximum Gasteiger partial charge on any atom is 0.164 e. The van der Waals surface area contributed by atoms with Crippen LogP contribution in [0, 0.1) is 11.3 Å². The van der Waals surface area contributed by atoms with E-state index in [0.717, 1.165) is 77.8 Å². The van der Waals surface area contributed by atoms with Crippen LogP contribution in [0.1, 0.15) is 5.56 Å².